The van der Waals surface area contributed by atoms with Crippen molar-refractivity contribution in [2.24, 2.45) is 0 Å². The molecule has 0 atom stereocenters. The van der Waals surface area contributed by atoms with Crippen molar-refractivity contribution >= 4 is 10.9 Å². The fourth-order valence-electron chi connectivity index (χ4n) is 3.94. The Morgan fingerprint density at radius 2 is 1.03 bits per heavy atom. The number of hydrogen-bond acceptors (Lipinski definition) is 6. The van der Waals surface area contributed by atoms with Crippen molar-refractivity contribution < 1.29 is 0 Å². The van der Waals surface area contributed by atoms with E-state index in [4.69, 9.17) is 9.97 Å². The quantitative estimate of drug-likeness (QED) is 0.342. The van der Waals surface area contributed by atoms with Gasteiger partial charge in [-0.3, -0.25) is 19.9 Å². The summed E-state index contributed by atoms with van der Waals surface area (Å²) in [5, 5.41) is 0.877. The van der Waals surface area contributed by atoms with Crippen LogP contribution in [0.25, 0.3) is 56.3 Å². The van der Waals surface area contributed by atoms with Gasteiger partial charge in [0.25, 0.3) is 0 Å². The zero-order chi connectivity index (χ0) is 22.7. The van der Waals surface area contributed by atoms with Crippen LogP contribution >= 0.6 is 0 Å². The normalized spacial score (nSPS) is 10.9. The second-order valence-electron chi connectivity index (χ2n) is 7.68. The van der Waals surface area contributed by atoms with Crippen LogP contribution in [0.1, 0.15) is 0 Å². The third kappa shape index (κ3) is 3.67. The molecule has 0 bridgehead atoms. The maximum Gasteiger partial charge on any atom is 0.179 e. The number of aromatic nitrogens is 6. The standard InChI is InChI=1S/C28H18N6/c1-5-13-29-22(9-1)19-17-20(23-10-2-6-14-30-23)26-21(18-19)27(24-11-3-7-15-31-24)34-28(33-26)25-12-4-8-16-32-25/h1-18H. The molecule has 0 radical (unpaired) electrons. The molecule has 0 saturated heterocycles. The number of benzene rings is 1. The molecular weight excluding hydrogens is 420 g/mol. The molecule has 6 heteroatoms. The van der Waals surface area contributed by atoms with Gasteiger partial charge >= 0.3 is 0 Å². The molecule has 6 nitrogen and oxygen atoms in total. The van der Waals surface area contributed by atoms with Gasteiger partial charge in [-0.05, 0) is 60.7 Å². The summed E-state index contributed by atoms with van der Waals surface area (Å²) in [6.45, 7) is 0. The molecule has 0 spiro atoms. The van der Waals surface area contributed by atoms with Crippen molar-refractivity contribution in [2.45, 2.75) is 0 Å². The molecule has 5 aromatic heterocycles. The van der Waals surface area contributed by atoms with E-state index in [1.54, 1.807) is 24.8 Å². The van der Waals surface area contributed by atoms with Gasteiger partial charge in [-0.1, -0.05) is 24.3 Å². The van der Waals surface area contributed by atoms with E-state index in [2.05, 4.69) is 32.1 Å². The van der Waals surface area contributed by atoms with Crippen molar-refractivity contribution in [3.05, 3.63) is 110 Å². The van der Waals surface area contributed by atoms with Crippen LogP contribution in [0, 0.1) is 0 Å². The molecule has 6 aromatic rings. The average Bonchev–Trinajstić information content (AvgIpc) is 2.94. The van der Waals surface area contributed by atoms with Gasteiger partial charge in [0.2, 0.25) is 0 Å². The van der Waals surface area contributed by atoms with Gasteiger partial charge in [-0.2, -0.15) is 0 Å². The fourth-order valence-corrected chi connectivity index (χ4v) is 3.94. The number of fused-ring (bicyclic) bond motifs is 1. The predicted octanol–water partition coefficient (Wildman–Crippen LogP) is 5.88. The molecule has 34 heavy (non-hydrogen) atoms. The van der Waals surface area contributed by atoms with Gasteiger partial charge in [0, 0.05) is 41.3 Å². The topological polar surface area (TPSA) is 77.3 Å². The van der Waals surface area contributed by atoms with Crippen LogP contribution in [-0.4, -0.2) is 29.9 Å². The second kappa shape index (κ2) is 8.60. The number of nitrogens with zero attached hydrogens (tertiary/aromatic N) is 6. The summed E-state index contributed by atoms with van der Waals surface area (Å²) in [6, 6.07) is 27.4. The Morgan fingerprint density at radius 1 is 0.471 bits per heavy atom. The van der Waals surface area contributed by atoms with Crippen LogP contribution in [0.3, 0.4) is 0 Å². The molecule has 1 aromatic carbocycles. The van der Waals surface area contributed by atoms with Gasteiger partial charge in [0.1, 0.15) is 11.4 Å². The molecule has 0 unspecified atom stereocenters. The maximum atomic E-state index is 4.98. The third-order valence-corrected chi connectivity index (χ3v) is 5.50. The lowest BCUT2D eigenvalue weighted by Crippen LogP contribution is -2.00. The molecule has 0 aliphatic rings. The highest BCUT2D eigenvalue weighted by molar-refractivity contribution is 6.03. The van der Waals surface area contributed by atoms with Crippen LogP contribution in [0.5, 0.6) is 0 Å². The molecule has 0 aliphatic heterocycles. The largest absolute Gasteiger partial charge is 0.256 e. The summed E-state index contributed by atoms with van der Waals surface area (Å²) in [5.41, 5.74) is 6.52. The highest BCUT2D eigenvalue weighted by Crippen LogP contribution is 2.36. The van der Waals surface area contributed by atoms with E-state index in [1.807, 2.05) is 72.8 Å². The molecule has 0 fully saturated rings. The first-order chi connectivity index (χ1) is 16.9. The fraction of sp³-hybridized carbons (Fsp3) is 0. The van der Waals surface area contributed by atoms with Gasteiger partial charge in [-0.15, -0.1) is 0 Å². The first-order valence-electron chi connectivity index (χ1n) is 10.9. The molecule has 0 amide bonds. The van der Waals surface area contributed by atoms with E-state index in [-0.39, 0.29) is 0 Å². The highest BCUT2D eigenvalue weighted by Gasteiger charge is 2.18. The molecular formula is C28H18N6. The Labute approximate surface area is 196 Å². The predicted molar refractivity (Wildman–Crippen MR) is 132 cm³/mol. The smallest absolute Gasteiger partial charge is 0.179 e. The monoisotopic (exact) mass is 438 g/mol. The molecule has 0 aliphatic carbocycles. The van der Waals surface area contributed by atoms with Crippen LogP contribution in [0.15, 0.2) is 110 Å². The molecule has 5 heterocycles. The molecule has 0 N–H and O–H groups in total. The van der Waals surface area contributed by atoms with E-state index in [1.165, 1.54) is 0 Å². The average molecular weight is 438 g/mol. The number of hydrogen-bond donors (Lipinski definition) is 0. The third-order valence-electron chi connectivity index (χ3n) is 5.50. The van der Waals surface area contributed by atoms with Crippen LogP contribution in [0.4, 0.5) is 0 Å². The SMILES string of the molecule is c1ccc(-c2cc(-c3ccccn3)c3nc(-c4ccccn4)nc(-c4ccccn4)c3c2)nc1. The van der Waals surface area contributed by atoms with Crippen molar-refractivity contribution in [1.82, 2.24) is 29.9 Å². The lowest BCUT2D eigenvalue weighted by Gasteiger charge is -2.14. The van der Waals surface area contributed by atoms with Crippen molar-refractivity contribution in [3.63, 3.8) is 0 Å². The summed E-state index contributed by atoms with van der Waals surface area (Å²) in [7, 11) is 0. The summed E-state index contributed by atoms with van der Waals surface area (Å²) in [4.78, 5) is 28.2. The van der Waals surface area contributed by atoms with Crippen LogP contribution in [-0.2, 0) is 0 Å². The number of rotatable bonds is 4. The lowest BCUT2D eigenvalue weighted by atomic mass is 9.98. The van der Waals surface area contributed by atoms with Crippen LogP contribution < -0.4 is 0 Å². The van der Waals surface area contributed by atoms with E-state index in [0.717, 1.165) is 44.8 Å². The Bertz CT molecular complexity index is 1450. The minimum atomic E-state index is 0.538. The lowest BCUT2D eigenvalue weighted by molar-refractivity contribution is 1.16. The number of pyridine rings is 4. The Morgan fingerprint density at radius 3 is 1.62 bits per heavy atom. The summed E-state index contributed by atoms with van der Waals surface area (Å²) in [6.07, 6.45) is 7.09. The zero-order valence-electron chi connectivity index (χ0n) is 18.1. The Balaban J connectivity index is 1.73. The van der Waals surface area contributed by atoms with Crippen molar-refractivity contribution in [1.29, 1.82) is 0 Å². The van der Waals surface area contributed by atoms with Crippen LogP contribution in [0.2, 0.25) is 0 Å². The van der Waals surface area contributed by atoms with Gasteiger partial charge in [0.15, 0.2) is 5.82 Å². The van der Waals surface area contributed by atoms with E-state index in [9.17, 15) is 0 Å². The summed E-state index contributed by atoms with van der Waals surface area (Å²) >= 11 is 0. The minimum absolute atomic E-state index is 0.538. The van der Waals surface area contributed by atoms with E-state index < -0.39 is 0 Å². The second-order valence-corrected chi connectivity index (χ2v) is 7.68. The van der Waals surface area contributed by atoms with Crippen molar-refractivity contribution in [3.8, 4) is 45.4 Å². The minimum Gasteiger partial charge on any atom is -0.256 e. The summed E-state index contributed by atoms with van der Waals surface area (Å²) < 4.78 is 0. The van der Waals surface area contributed by atoms with E-state index >= 15 is 0 Å². The van der Waals surface area contributed by atoms with Gasteiger partial charge < -0.3 is 0 Å². The van der Waals surface area contributed by atoms with Crippen molar-refractivity contribution in [2.75, 3.05) is 0 Å². The van der Waals surface area contributed by atoms with Gasteiger partial charge in [0.05, 0.1) is 22.6 Å². The first kappa shape index (κ1) is 19.8. The van der Waals surface area contributed by atoms with Gasteiger partial charge in [-0.25, -0.2) is 9.97 Å². The first-order valence-corrected chi connectivity index (χ1v) is 10.9. The molecule has 0 saturated carbocycles. The van der Waals surface area contributed by atoms with E-state index in [0.29, 0.717) is 11.5 Å². The Kier molecular flexibility index (Phi) is 5.01. The molecule has 6 rings (SSSR count). The highest BCUT2D eigenvalue weighted by atomic mass is 14.9. The zero-order valence-corrected chi connectivity index (χ0v) is 18.1. The maximum absolute atomic E-state index is 4.98. The Hall–Kier alpha value is -4.84. The summed E-state index contributed by atoms with van der Waals surface area (Å²) in [5.74, 6) is 0.538. The molecule has 160 valence electrons.